The van der Waals surface area contributed by atoms with Gasteiger partial charge in [-0.05, 0) is 70.2 Å². The zero-order valence-corrected chi connectivity index (χ0v) is 13.1. The van der Waals surface area contributed by atoms with Gasteiger partial charge in [-0.15, -0.1) is 0 Å². The van der Waals surface area contributed by atoms with Crippen molar-refractivity contribution in [3.05, 3.63) is 29.1 Å². The maximum Gasteiger partial charge on any atom is 0.255 e. The second kappa shape index (κ2) is 5.76. The average Bonchev–Trinajstić information content (AvgIpc) is 2.48. The highest BCUT2D eigenvalue weighted by atomic mass is 16.2. The molecule has 0 unspecified atom stereocenters. The molecular formula is C17H25N3O. The summed E-state index contributed by atoms with van der Waals surface area (Å²) < 4.78 is 0. The van der Waals surface area contributed by atoms with Gasteiger partial charge in [-0.25, -0.2) is 0 Å². The molecule has 1 aromatic heterocycles. The fourth-order valence-electron chi connectivity index (χ4n) is 3.72. The van der Waals surface area contributed by atoms with Crippen LogP contribution in [0.25, 0.3) is 0 Å². The van der Waals surface area contributed by atoms with E-state index in [0.29, 0.717) is 5.41 Å². The third-order valence-electron chi connectivity index (χ3n) is 5.23. The van der Waals surface area contributed by atoms with E-state index in [9.17, 15) is 4.79 Å². The van der Waals surface area contributed by atoms with Crippen LogP contribution in [0.3, 0.4) is 0 Å². The van der Waals surface area contributed by atoms with E-state index in [1.165, 1.54) is 12.8 Å². The summed E-state index contributed by atoms with van der Waals surface area (Å²) >= 11 is 0. The number of piperidine rings is 2. The summed E-state index contributed by atoms with van der Waals surface area (Å²) in [5.74, 6) is 0.156. The number of likely N-dealkylation sites (tertiary alicyclic amines) is 1. The number of carbonyl (C=O) groups is 1. The predicted molar refractivity (Wildman–Crippen MR) is 83.4 cm³/mol. The summed E-state index contributed by atoms with van der Waals surface area (Å²) in [6.07, 6.45) is 4.83. The number of carbonyl (C=O) groups excluding carboxylic acids is 1. The van der Waals surface area contributed by atoms with E-state index in [-0.39, 0.29) is 5.91 Å². The van der Waals surface area contributed by atoms with Gasteiger partial charge in [-0.3, -0.25) is 9.78 Å². The lowest BCUT2D eigenvalue weighted by Crippen LogP contribution is -2.47. The molecule has 114 valence electrons. The second-order valence-electron chi connectivity index (χ2n) is 6.63. The van der Waals surface area contributed by atoms with E-state index in [1.54, 1.807) is 0 Å². The third-order valence-corrected chi connectivity index (χ3v) is 5.23. The normalized spacial score (nSPS) is 21.5. The van der Waals surface area contributed by atoms with Gasteiger partial charge in [0.2, 0.25) is 0 Å². The Kier molecular flexibility index (Phi) is 3.98. The van der Waals surface area contributed by atoms with E-state index >= 15 is 0 Å². The Labute approximate surface area is 126 Å². The van der Waals surface area contributed by atoms with Gasteiger partial charge in [-0.1, -0.05) is 0 Å². The highest BCUT2D eigenvalue weighted by molar-refractivity contribution is 5.95. The van der Waals surface area contributed by atoms with Gasteiger partial charge in [-0.2, -0.15) is 0 Å². The third kappa shape index (κ3) is 2.95. The molecule has 1 amide bonds. The molecule has 2 aliphatic rings. The van der Waals surface area contributed by atoms with E-state index in [4.69, 9.17) is 0 Å². The number of nitrogens with zero attached hydrogens (tertiary/aromatic N) is 2. The predicted octanol–water partition coefficient (Wildman–Crippen LogP) is 2.30. The Balaban J connectivity index is 1.67. The number of hydrogen-bond donors (Lipinski definition) is 1. The van der Waals surface area contributed by atoms with Crippen molar-refractivity contribution in [1.29, 1.82) is 0 Å². The van der Waals surface area contributed by atoms with Crippen LogP contribution in [0.1, 0.15) is 47.4 Å². The van der Waals surface area contributed by atoms with Gasteiger partial charge >= 0.3 is 0 Å². The highest BCUT2D eigenvalue weighted by Gasteiger charge is 2.37. The van der Waals surface area contributed by atoms with Gasteiger partial charge in [0.25, 0.3) is 5.91 Å². The number of hydrogen-bond acceptors (Lipinski definition) is 3. The van der Waals surface area contributed by atoms with Crippen molar-refractivity contribution in [3.8, 4) is 0 Å². The Morgan fingerprint density at radius 2 is 1.81 bits per heavy atom. The fraction of sp³-hybridized carbons (Fsp3) is 0.647. The van der Waals surface area contributed by atoms with Gasteiger partial charge in [0, 0.05) is 18.8 Å². The van der Waals surface area contributed by atoms with Crippen LogP contribution < -0.4 is 5.32 Å². The number of pyridine rings is 1. The Bertz CT molecular complexity index is 525. The molecule has 2 aliphatic heterocycles. The van der Waals surface area contributed by atoms with Crippen LogP contribution in [0.15, 0.2) is 12.1 Å². The first-order chi connectivity index (χ1) is 10.1. The summed E-state index contributed by atoms with van der Waals surface area (Å²) in [7, 11) is 0. The van der Waals surface area contributed by atoms with Crippen molar-refractivity contribution >= 4 is 5.91 Å². The van der Waals surface area contributed by atoms with Crippen LogP contribution in [-0.4, -0.2) is 42.0 Å². The molecule has 0 bridgehead atoms. The summed E-state index contributed by atoms with van der Waals surface area (Å²) in [6.45, 7) is 7.95. The molecule has 3 rings (SSSR count). The highest BCUT2D eigenvalue weighted by Crippen LogP contribution is 2.39. The second-order valence-corrected chi connectivity index (χ2v) is 6.63. The van der Waals surface area contributed by atoms with Crippen LogP contribution in [0.4, 0.5) is 0 Å². The van der Waals surface area contributed by atoms with Crippen molar-refractivity contribution in [2.45, 2.75) is 39.5 Å². The standard InChI is InChI=1S/C17H25N3O/c1-13-3-4-15(14(2)19-13)16(21)20-11-7-17(8-12-20)5-9-18-10-6-17/h3-4,18H,5-12H2,1-2H3. The number of aryl methyl sites for hydroxylation is 2. The van der Waals surface area contributed by atoms with Crippen LogP contribution in [0, 0.1) is 19.3 Å². The van der Waals surface area contributed by atoms with E-state index < -0.39 is 0 Å². The lowest BCUT2D eigenvalue weighted by atomic mass is 9.71. The van der Waals surface area contributed by atoms with Crippen molar-refractivity contribution in [2.75, 3.05) is 26.2 Å². The molecule has 0 aliphatic carbocycles. The largest absolute Gasteiger partial charge is 0.339 e. The zero-order chi connectivity index (χ0) is 14.9. The van der Waals surface area contributed by atoms with Crippen LogP contribution in [0.2, 0.25) is 0 Å². The number of rotatable bonds is 1. The van der Waals surface area contributed by atoms with Crippen LogP contribution in [-0.2, 0) is 0 Å². The van der Waals surface area contributed by atoms with Crippen molar-refractivity contribution in [3.63, 3.8) is 0 Å². The van der Waals surface area contributed by atoms with E-state index in [1.807, 2.05) is 30.9 Å². The molecule has 2 saturated heterocycles. The first-order valence-corrected chi connectivity index (χ1v) is 8.04. The molecule has 0 aromatic carbocycles. The summed E-state index contributed by atoms with van der Waals surface area (Å²) in [4.78, 5) is 19.1. The summed E-state index contributed by atoms with van der Waals surface area (Å²) in [5.41, 5.74) is 3.07. The molecule has 0 radical (unpaired) electrons. The SMILES string of the molecule is Cc1ccc(C(=O)N2CCC3(CCNCC3)CC2)c(C)n1. The monoisotopic (exact) mass is 287 g/mol. The van der Waals surface area contributed by atoms with Crippen molar-refractivity contribution in [1.82, 2.24) is 15.2 Å². The molecule has 1 aromatic rings. The first-order valence-electron chi connectivity index (χ1n) is 8.04. The summed E-state index contributed by atoms with van der Waals surface area (Å²) in [6, 6.07) is 3.85. The zero-order valence-electron chi connectivity index (χ0n) is 13.1. The van der Waals surface area contributed by atoms with Crippen LogP contribution >= 0.6 is 0 Å². The molecule has 1 spiro atoms. The Morgan fingerprint density at radius 3 is 2.43 bits per heavy atom. The number of amides is 1. The molecule has 4 heteroatoms. The van der Waals surface area contributed by atoms with E-state index in [0.717, 1.165) is 56.0 Å². The number of nitrogens with one attached hydrogen (secondary N) is 1. The van der Waals surface area contributed by atoms with Crippen molar-refractivity contribution in [2.24, 2.45) is 5.41 Å². The smallest absolute Gasteiger partial charge is 0.255 e. The quantitative estimate of drug-likeness (QED) is 0.862. The molecule has 2 fully saturated rings. The number of aromatic nitrogens is 1. The molecule has 0 atom stereocenters. The molecule has 1 N–H and O–H groups in total. The summed E-state index contributed by atoms with van der Waals surface area (Å²) in [5, 5.41) is 3.44. The molecular weight excluding hydrogens is 262 g/mol. The van der Waals surface area contributed by atoms with Crippen molar-refractivity contribution < 1.29 is 4.79 Å². The van der Waals surface area contributed by atoms with Crippen LogP contribution in [0.5, 0.6) is 0 Å². The van der Waals surface area contributed by atoms with Gasteiger partial charge in [0.05, 0.1) is 11.3 Å². The fourth-order valence-corrected chi connectivity index (χ4v) is 3.72. The van der Waals surface area contributed by atoms with Gasteiger partial charge in [0.15, 0.2) is 0 Å². The maximum atomic E-state index is 12.7. The molecule has 4 nitrogen and oxygen atoms in total. The van der Waals surface area contributed by atoms with E-state index in [2.05, 4.69) is 10.3 Å². The lowest BCUT2D eigenvalue weighted by molar-refractivity contribution is 0.0494. The topological polar surface area (TPSA) is 45.2 Å². The average molecular weight is 287 g/mol. The molecule has 21 heavy (non-hydrogen) atoms. The van der Waals surface area contributed by atoms with Gasteiger partial charge < -0.3 is 10.2 Å². The van der Waals surface area contributed by atoms with Gasteiger partial charge in [0.1, 0.15) is 0 Å². The minimum atomic E-state index is 0.156. The maximum absolute atomic E-state index is 12.7. The first kappa shape index (κ1) is 14.5. The minimum Gasteiger partial charge on any atom is -0.339 e. The Morgan fingerprint density at radius 1 is 1.14 bits per heavy atom. The molecule has 3 heterocycles. The molecule has 0 saturated carbocycles. The lowest BCUT2D eigenvalue weighted by Gasteiger charge is -2.44. The Hall–Kier alpha value is -1.42. The minimum absolute atomic E-state index is 0.156.